The maximum absolute atomic E-state index is 3.89. The van der Waals surface area contributed by atoms with Gasteiger partial charge < -0.3 is 0 Å². The maximum Gasteiger partial charge on any atom is 0.137 e. The SMILES string of the molecule is SNCCn1cncn1. The Bertz CT molecular complexity index is 150. The summed E-state index contributed by atoms with van der Waals surface area (Å²) in [6.07, 6.45) is 3.18. The second kappa shape index (κ2) is 3.47. The molecule has 1 heterocycles. The summed E-state index contributed by atoms with van der Waals surface area (Å²) in [6.45, 7) is 1.61. The van der Waals surface area contributed by atoms with Crippen molar-refractivity contribution in [2.45, 2.75) is 6.54 Å². The van der Waals surface area contributed by atoms with Crippen LogP contribution in [0.15, 0.2) is 12.7 Å². The summed E-state index contributed by atoms with van der Waals surface area (Å²) in [5.74, 6) is 0. The minimum absolute atomic E-state index is 0.798. The summed E-state index contributed by atoms with van der Waals surface area (Å²) in [5, 5.41) is 3.89. The molecular weight excluding hydrogens is 136 g/mol. The van der Waals surface area contributed by atoms with Crippen LogP contribution in [0, 0.1) is 0 Å². The van der Waals surface area contributed by atoms with Crippen LogP contribution in [-0.4, -0.2) is 21.3 Å². The monoisotopic (exact) mass is 144 g/mol. The number of nitrogens with one attached hydrogen (secondary N) is 1. The van der Waals surface area contributed by atoms with Crippen LogP contribution >= 0.6 is 12.8 Å². The fourth-order valence-electron chi connectivity index (χ4n) is 0.513. The van der Waals surface area contributed by atoms with E-state index in [2.05, 4.69) is 27.6 Å². The predicted octanol–water partition coefficient (Wildman–Crippen LogP) is -0.288. The molecule has 0 spiro atoms. The van der Waals surface area contributed by atoms with E-state index in [4.69, 9.17) is 0 Å². The third-order valence-electron chi connectivity index (χ3n) is 0.919. The third-order valence-corrected chi connectivity index (χ3v) is 1.14. The van der Waals surface area contributed by atoms with Crippen LogP contribution < -0.4 is 4.72 Å². The van der Waals surface area contributed by atoms with Crippen LogP contribution in [0.25, 0.3) is 0 Å². The van der Waals surface area contributed by atoms with Crippen LogP contribution in [0.3, 0.4) is 0 Å². The molecule has 9 heavy (non-hydrogen) atoms. The first-order valence-electron chi connectivity index (χ1n) is 2.63. The molecule has 0 aliphatic heterocycles. The summed E-state index contributed by atoms with van der Waals surface area (Å²) in [5.41, 5.74) is 0. The van der Waals surface area contributed by atoms with Gasteiger partial charge in [0, 0.05) is 6.54 Å². The standard InChI is InChI=1S/C4H8N4S/c9-7-1-2-8-4-5-3-6-8/h3-4,7,9H,1-2H2. The zero-order valence-electron chi connectivity index (χ0n) is 4.86. The first-order valence-corrected chi connectivity index (χ1v) is 3.07. The summed E-state index contributed by atoms with van der Waals surface area (Å²) in [4.78, 5) is 3.77. The Morgan fingerprint density at radius 2 is 2.56 bits per heavy atom. The largest absolute Gasteiger partial charge is 0.265 e. The average Bonchev–Trinajstić information content (AvgIpc) is 2.34. The smallest absolute Gasteiger partial charge is 0.137 e. The fourth-order valence-corrected chi connectivity index (χ4v) is 0.613. The number of nitrogens with zero attached hydrogens (tertiary/aromatic N) is 3. The number of thiol groups is 1. The quantitative estimate of drug-likeness (QED) is 0.573. The van der Waals surface area contributed by atoms with Crippen LogP contribution in [0.2, 0.25) is 0 Å². The van der Waals surface area contributed by atoms with Crippen molar-refractivity contribution in [2.75, 3.05) is 6.54 Å². The van der Waals surface area contributed by atoms with Crippen molar-refractivity contribution in [3.63, 3.8) is 0 Å². The van der Waals surface area contributed by atoms with Crippen molar-refractivity contribution in [3.8, 4) is 0 Å². The van der Waals surface area contributed by atoms with E-state index in [9.17, 15) is 0 Å². The average molecular weight is 144 g/mol. The molecule has 0 amide bonds. The minimum atomic E-state index is 0.798. The van der Waals surface area contributed by atoms with Crippen LogP contribution in [-0.2, 0) is 6.54 Å². The van der Waals surface area contributed by atoms with Gasteiger partial charge in [-0.05, 0) is 0 Å². The Kier molecular flexibility index (Phi) is 2.53. The van der Waals surface area contributed by atoms with E-state index in [1.165, 1.54) is 6.33 Å². The number of hydrogen-bond donors (Lipinski definition) is 2. The number of aromatic nitrogens is 3. The Hall–Kier alpha value is -0.550. The highest BCUT2D eigenvalue weighted by atomic mass is 32.1. The van der Waals surface area contributed by atoms with E-state index >= 15 is 0 Å². The molecule has 1 rings (SSSR count). The molecule has 4 nitrogen and oxygen atoms in total. The first-order chi connectivity index (χ1) is 4.43. The van der Waals surface area contributed by atoms with E-state index in [1.807, 2.05) is 0 Å². The van der Waals surface area contributed by atoms with Crippen molar-refractivity contribution >= 4 is 12.8 Å². The summed E-state index contributed by atoms with van der Waals surface area (Å²) < 4.78 is 4.45. The molecule has 50 valence electrons. The molecule has 0 aromatic carbocycles. The Balaban J connectivity index is 2.30. The van der Waals surface area contributed by atoms with Gasteiger partial charge in [-0.25, -0.2) is 4.98 Å². The minimum Gasteiger partial charge on any atom is -0.265 e. The highest BCUT2D eigenvalue weighted by molar-refractivity contribution is 7.78. The van der Waals surface area contributed by atoms with Gasteiger partial charge in [-0.3, -0.25) is 9.40 Å². The predicted molar refractivity (Wildman–Crippen MR) is 37.0 cm³/mol. The second-order valence-corrected chi connectivity index (χ2v) is 1.88. The van der Waals surface area contributed by atoms with Crippen molar-refractivity contribution in [2.24, 2.45) is 0 Å². The molecule has 0 saturated carbocycles. The van der Waals surface area contributed by atoms with E-state index in [-0.39, 0.29) is 0 Å². The molecule has 0 atom stereocenters. The summed E-state index contributed by atoms with van der Waals surface area (Å²) >= 11 is 3.82. The molecule has 0 fully saturated rings. The molecule has 0 unspecified atom stereocenters. The molecule has 0 bridgehead atoms. The van der Waals surface area contributed by atoms with E-state index in [1.54, 1.807) is 11.0 Å². The normalized spacial score (nSPS) is 9.89. The van der Waals surface area contributed by atoms with Gasteiger partial charge in [0.15, 0.2) is 0 Å². The Morgan fingerprint density at radius 1 is 1.67 bits per heavy atom. The molecule has 1 aromatic rings. The van der Waals surface area contributed by atoms with Gasteiger partial charge >= 0.3 is 0 Å². The third kappa shape index (κ3) is 2.03. The number of rotatable bonds is 3. The summed E-state index contributed by atoms with van der Waals surface area (Å²) in [7, 11) is 0. The number of hydrogen-bond acceptors (Lipinski definition) is 4. The molecule has 5 heteroatoms. The fraction of sp³-hybridized carbons (Fsp3) is 0.500. The van der Waals surface area contributed by atoms with Gasteiger partial charge in [0.05, 0.1) is 6.54 Å². The summed E-state index contributed by atoms with van der Waals surface area (Å²) in [6, 6.07) is 0. The van der Waals surface area contributed by atoms with E-state index < -0.39 is 0 Å². The lowest BCUT2D eigenvalue weighted by atomic mass is 10.7. The molecule has 0 radical (unpaired) electrons. The van der Waals surface area contributed by atoms with Crippen molar-refractivity contribution in [1.29, 1.82) is 0 Å². The Labute approximate surface area is 58.8 Å². The van der Waals surface area contributed by atoms with Crippen LogP contribution in [0.1, 0.15) is 0 Å². The molecule has 0 aliphatic rings. The van der Waals surface area contributed by atoms with Gasteiger partial charge in [0.1, 0.15) is 12.7 Å². The molecule has 1 aromatic heterocycles. The highest BCUT2D eigenvalue weighted by Crippen LogP contribution is 1.77. The molecular formula is C4H8N4S. The molecule has 1 N–H and O–H groups in total. The van der Waals surface area contributed by atoms with E-state index in [0.717, 1.165) is 13.1 Å². The lowest BCUT2D eigenvalue weighted by Crippen LogP contribution is -2.10. The lowest BCUT2D eigenvalue weighted by molar-refractivity contribution is 0.611. The Morgan fingerprint density at radius 3 is 3.11 bits per heavy atom. The van der Waals surface area contributed by atoms with E-state index in [0.29, 0.717) is 0 Å². The van der Waals surface area contributed by atoms with Gasteiger partial charge in [-0.2, -0.15) is 5.10 Å². The van der Waals surface area contributed by atoms with Crippen LogP contribution in [0.4, 0.5) is 0 Å². The highest BCUT2D eigenvalue weighted by Gasteiger charge is 1.86. The zero-order chi connectivity index (χ0) is 6.53. The van der Waals surface area contributed by atoms with Crippen molar-refractivity contribution in [1.82, 2.24) is 19.5 Å². The van der Waals surface area contributed by atoms with Crippen molar-refractivity contribution < 1.29 is 0 Å². The van der Waals surface area contributed by atoms with Crippen LogP contribution in [0.5, 0.6) is 0 Å². The zero-order valence-corrected chi connectivity index (χ0v) is 5.75. The molecule has 0 saturated heterocycles. The van der Waals surface area contributed by atoms with Gasteiger partial charge in [0.25, 0.3) is 0 Å². The second-order valence-electron chi connectivity index (χ2n) is 1.57. The topological polar surface area (TPSA) is 42.7 Å². The van der Waals surface area contributed by atoms with Crippen molar-refractivity contribution in [3.05, 3.63) is 12.7 Å². The van der Waals surface area contributed by atoms with Gasteiger partial charge in [-0.1, -0.05) is 12.8 Å². The maximum atomic E-state index is 3.89. The first kappa shape index (κ1) is 6.57. The van der Waals surface area contributed by atoms with Gasteiger partial charge in [-0.15, -0.1) is 0 Å². The molecule has 0 aliphatic carbocycles. The van der Waals surface area contributed by atoms with Gasteiger partial charge in [0.2, 0.25) is 0 Å². The lowest BCUT2D eigenvalue weighted by Gasteiger charge is -1.95.